The Bertz CT molecular complexity index is 1020. The molecule has 2 N–H and O–H groups in total. The summed E-state index contributed by atoms with van der Waals surface area (Å²) in [6.07, 6.45) is 4.88. The molecule has 168 valence electrons. The monoisotopic (exact) mass is 418 g/mol. The normalized spacial score (nSPS) is 22.4. The Kier molecular flexibility index (Phi) is 4.86. The summed E-state index contributed by atoms with van der Waals surface area (Å²) in [5.41, 5.74) is 16.6. The number of fused-ring (bicyclic) bond motifs is 2. The van der Waals surface area contributed by atoms with Gasteiger partial charge in [-0.2, -0.15) is 0 Å². The minimum Gasteiger partial charge on any atom is -0.397 e. The van der Waals surface area contributed by atoms with Gasteiger partial charge in [0, 0.05) is 12.7 Å². The molecule has 2 nitrogen and oxygen atoms in total. The van der Waals surface area contributed by atoms with Gasteiger partial charge in [-0.05, 0) is 93.9 Å². The molecule has 0 atom stereocenters. The SMILES string of the molecule is CN(c1ccc2c(c1)C(C)(C)CCC2(C)C)c1cc2c(cc1N)C(C)(C)CCC2(C)C. The largest absolute Gasteiger partial charge is 0.397 e. The standard InChI is InChI=1S/C29H42N2/c1-26(2)12-13-27(3,4)21-16-19(10-11-20(21)26)31(9)25-18-23-22(17-24(25)30)28(5,6)14-15-29(23,7)8/h10-11,16-18H,12-15,30H2,1-9H3. The van der Waals surface area contributed by atoms with Gasteiger partial charge in [-0.1, -0.05) is 61.5 Å². The van der Waals surface area contributed by atoms with Crippen molar-refractivity contribution in [2.45, 2.75) is 103 Å². The summed E-state index contributed by atoms with van der Waals surface area (Å²) < 4.78 is 0. The number of hydrogen-bond acceptors (Lipinski definition) is 2. The lowest BCUT2D eigenvalue weighted by atomic mass is 9.63. The lowest BCUT2D eigenvalue weighted by Crippen LogP contribution is -2.34. The summed E-state index contributed by atoms with van der Waals surface area (Å²) in [7, 11) is 2.17. The highest BCUT2D eigenvalue weighted by Crippen LogP contribution is 2.50. The fraction of sp³-hybridized carbons (Fsp3) is 0.586. The van der Waals surface area contributed by atoms with Crippen LogP contribution in [-0.4, -0.2) is 7.05 Å². The van der Waals surface area contributed by atoms with Gasteiger partial charge < -0.3 is 10.6 Å². The van der Waals surface area contributed by atoms with E-state index < -0.39 is 0 Å². The van der Waals surface area contributed by atoms with Crippen LogP contribution in [-0.2, 0) is 21.7 Å². The summed E-state index contributed by atoms with van der Waals surface area (Å²) in [5, 5.41) is 0. The molecule has 0 unspecified atom stereocenters. The van der Waals surface area contributed by atoms with Crippen molar-refractivity contribution in [1.29, 1.82) is 0 Å². The van der Waals surface area contributed by atoms with Crippen molar-refractivity contribution in [3.63, 3.8) is 0 Å². The Labute approximate surface area is 190 Å². The van der Waals surface area contributed by atoms with Crippen molar-refractivity contribution in [3.05, 3.63) is 52.6 Å². The number of benzene rings is 2. The highest BCUT2D eigenvalue weighted by Gasteiger charge is 2.39. The van der Waals surface area contributed by atoms with Crippen molar-refractivity contribution in [1.82, 2.24) is 0 Å². The first kappa shape index (κ1) is 22.2. The molecule has 2 heteroatoms. The molecule has 0 fully saturated rings. The average molecular weight is 419 g/mol. The Morgan fingerprint density at radius 3 is 1.55 bits per heavy atom. The minimum absolute atomic E-state index is 0.177. The molecule has 0 saturated heterocycles. The van der Waals surface area contributed by atoms with E-state index in [4.69, 9.17) is 5.73 Å². The summed E-state index contributed by atoms with van der Waals surface area (Å²) in [5.74, 6) is 0. The van der Waals surface area contributed by atoms with Crippen molar-refractivity contribution < 1.29 is 0 Å². The Hall–Kier alpha value is -1.96. The van der Waals surface area contributed by atoms with Crippen LogP contribution in [0.5, 0.6) is 0 Å². The Morgan fingerprint density at radius 1 is 0.613 bits per heavy atom. The molecular weight excluding hydrogens is 376 g/mol. The van der Waals surface area contributed by atoms with E-state index in [9.17, 15) is 0 Å². The molecule has 2 aromatic carbocycles. The smallest absolute Gasteiger partial charge is 0.0644 e. The quantitative estimate of drug-likeness (QED) is 0.505. The van der Waals surface area contributed by atoms with Crippen molar-refractivity contribution in [2.75, 3.05) is 17.7 Å². The molecule has 0 spiro atoms. The van der Waals surface area contributed by atoms with Gasteiger partial charge in [0.2, 0.25) is 0 Å². The lowest BCUT2D eigenvalue weighted by Gasteiger charge is -2.43. The molecule has 0 saturated carbocycles. The molecule has 2 aliphatic rings. The molecule has 0 radical (unpaired) electrons. The second kappa shape index (κ2) is 6.77. The number of rotatable bonds is 2. The second-order valence-corrected chi connectivity index (χ2v) is 12.8. The van der Waals surface area contributed by atoms with E-state index in [1.165, 1.54) is 53.6 Å². The molecule has 0 aromatic heterocycles. The molecule has 0 amide bonds. The molecular formula is C29H42N2. The third-order valence-electron chi connectivity index (χ3n) is 8.59. The number of nitrogens with two attached hydrogens (primary N) is 1. The number of hydrogen-bond donors (Lipinski definition) is 1. The minimum atomic E-state index is 0.177. The fourth-order valence-corrected chi connectivity index (χ4v) is 5.83. The maximum atomic E-state index is 6.69. The zero-order valence-corrected chi connectivity index (χ0v) is 21.2. The molecule has 4 rings (SSSR count). The molecule has 2 aromatic rings. The van der Waals surface area contributed by atoms with Gasteiger partial charge in [0.05, 0.1) is 11.4 Å². The molecule has 2 aliphatic carbocycles. The first-order chi connectivity index (χ1) is 14.2. The van der Waals surface area contributed by atoms with Crippen LogP contribution in [0.3, 0.4) is 0 Å². The Balaban J connectivity index is 1.82. The third-order valence-corrected chi connectivity index (χ3v) is 8.59. The average Bonchev–Trinajstić information content (AvgIpc) is 2.68. The van der Waals surface area contributed by atoms with Crippen LogP contribution < -0.4 is 10.6 Å². The Morgan fingerprint density at radius 2 is 1.03 bits per heavy atom. The van der Waals surface area contributed by atoms with Gasteiger partial charge in [0.25, 0.3) is 0 Å². The lowest BCUT2D eigenvalue weighted by molar-refractivity contribution is 0.332. The predicted octanol–water partition coefficient (Wildman–Crippen LogP) is 7.73. The van der Waals surface area contributed by atoms with E-state index >= 15 is 0 Å². The van der Waals surface area contributed by atoms with E-state index in [0.29, 0.717) is 0 Å². The fourth-order valence-electron chi connectivity index (χ4n) is 5.83. The predicted molar refractivity (Wildman–Crippen MR) is 136 cm³/mol. The topological polar surface area (TPSA) is 29.3 Å². The van der Waals surface area contributed by atoms with Crippen molar-refractivity contribution in [3.8, 4) is 0 Å². The first-order valence-corrected chi connectivity index (χ1v) is 12.0. The summed E-state index contributed by atoms with van der Waals surface area (Å²) in [4.78, 5) is 2.30. The van der Waals surface area contributed by atoms with Gasteiger partial charge in [-0.25, -0.2) is 0 Å². The van der Waals surface area contributed by atoms with Crippen LogP contribution in [0.15, 0.2) is 30.3 Å². The molecule has 0 bridgehead atoms. The van der Waals surface area contributed by atoms with Crippen LogP contribution in [0, 0.1) is 0 Å². The highest BCUT2D eigenvalue weighted by atomic mass is 15.1. The van der Waals surface area contributed by atoms with Gasteiger partial charge >= 0.3 is 0 Å². The van der Waals surface area contributed by atoms with Crippen LogP contribution >= 0.6 is 0 Å². The van der Waals surface area contributed by atoms with Crippen LogP contribution in [0.4, 0.5) is 17.1 Å². The summed E-state index contributed by atoms with van der Waals surface area (Å²) >= 11 is 0. The van der Waals surface area contributed by atoms with E-state index in [2.05, 4.69) is 97.7 Å². The summed E-state index contributed by atoms with van der Waals surface area (Å²) in [6, 6.07) is 11.7. The zero-order chi connectivity index (χ0) is 23.0. The maximum absolute atomic E-state index is 6.69. The van der Waals surface area contributed by atoms with Crippen LogP contribution in [0.1, 0.15) is 103 Å². The number of anilines is 3. The van der Waals surface area contributed by atoms with E-state index in [1.54, 1.807) is 0 Å². The first-order valence-electron chi connectivity index (χ1n) is 12.0. The second-order valence-electron chi connectivity index (χ2n) is 12.8. The van der Waals surface area contributed by atoms with Gasteiger partial charge in [-0.3, -0.25) is 0 Å². The number of nitrogen functional groups attached to an aromatic ring is 1. The molecule has 0 heterocycles. The van der Waals surface area contributed by atoms with Crippen LogP contribution in [0.2, 0.25) is 0 Å². The number of nitrogens with zero attached hydrogens (tertiary/aromatic N) is 1. The molecule has 0 aliphatic heterocycles. The maximum Gasteiger partial charge on any atom is 0.0644 e. The third kappa shape index (κ3) is 3.56. The molecule has 31 heavy (non-hydrogen) atoms. The summed E-state index contributed by atoms with van der Waals surface area (Å²) in [6.45, 7) is 19.0. The van der Waals surface area contributed by atoms with Crippen LogP contribution in [0.25, 0.3) is 0 Å². The van der Waals surface area contributed by atoms with Crippen molar-refractivity contribution in [2.24, 2.45) is 0 Å². The van der Waals surface area contributed by atoms with E-state index in [1.807, 2.05) is 0 Å². The van der Waals surface area contributed by atoms with E-state index in [0.717, 1.165) is 11.4 Å². The zero-order valence-electron chi connectivity index (χ0n) is 21.2. The highest BCUT2D eigenvalue weighted by molar-refractivity contribution is 5.77. The van der Waals surface area contributed by atoms with Crippen molar-refractivity contribution >= 4 is 17.1 Å². The van der Waals surface area contributed by atoms with Gasteiger partial charge in [0.1, 0.15) is 0 Å². The van der Waals surface area contributed by atoms with Gasteiger partial charge in [0.15, 0.2) is 0 Å². The van der Waals surface area contributed by atoms with Gasteiger partial charge in [-0.15, -0.1) is 0 Å². The van der Waals surface area contributed by atoms with E-state index in [-0.39, 0.29) is 21.7 Å².